The van der Waals surface area contributed by atoms with Crippen LogP contribution in [-0.4, -0.2) is 23.5 Å². The number of ether oxygens (including phenoxy) is 1. The Morgan fingerprint density at radius 3 is 2.52 bits per heavy atom. The Kier molecular flexibility index (Phi) is 4.53. The maximum Gasteiger partial charge on any atom is 0.342 e. The fourth-order valence-corrected chi connectivity index (χ4v) is 3.58. The van der Waals surface area contributed by atoms with Gasteiger partial charge >= 0.3 is 5.97 Å². The maximum absolute atomic E-state index is 13.0. The van der Waals surface area contributed by atoms with Gasteiger partial charge in [-0.1, -0.05) is 61.2 Å². The first-order chi connectivity index (χ1) is 14.0. The van der Waals surface area contributed by atoms with Gasteiger partial charge in [0.1, 0.15) is 5.75 Å². The first-order valence-corrected chi connectivity index (χ1v) is 9.12. The van der Waals surface area contributed by atoms with E-state index >= 15 is 0 Å². The summed E-state index contributed by atoms with van der Waals surface area (Å²) < 4.78 is 5.43. The summed E-state index contributed by atoms with van der Waals surface area (Å²) in [7, 11) is 0. The van der Waals surface area contributed by atoms with Gasteiger partial charge in [-0.2, -0.15) is 0 Å². The Balaban J connectivity index is 1.66. The second kappa shape index (κ2) is 7.04. The minimum Gasteiger partial charge on any atom is -0.423 e. The number of fused-ring (bicyclic) bond motifs is 2. The lowest BCUT2D eigenvalue weighted by Crippen LogP contribution is -2.44. The quantitative estimate of drug-likeness (QED) is 0.315. The molecule has 0 spiro atoms. The highest BCUT2D eigenvalue weighted by Gasteiger charge is 2.53. The summed E-state index contributed by atoms with van der Waals surface area (Å²) in [6.45, 7) is 7.56. The van der Waals surface area contributed by atoms with Gasteiger partial charge in [0, 0.05) is 12.1 Å². The number of nitrogens with zero attached hydrogens (tertiary/aromatic N) is 1. The highest BCUT2D eigenvalue weighted by atomic mass is 16.5. The van der Waals surface area contributed by atoms with Crippen molar-refractivity contribution in [1.29, 1.82) is 0 Å². The number of carbonyl (C=O) groups excluding carboxylic acids is 2. The number of esters is 1. The van der Waals surface area contributed by atoms with E-state index in [0.717, 1.165) is 10.8 Å². The Hall–Kier alpha value is -3.70. The molecule has 3 aromatic rings. The zero-order chi connectivity index (χ0) is 20.6. The highest BCUT2D eigenvalue weighted by molar-refractivity contribution is 6.14. The predicted molar refractivity (Wildman–Crippen MR) is 112 cm³/mol. The maximum atomic E-state index is 13.0. The second-order valence-electron chi connectivity index (χ2n) is 6.81. The minimum absolute atomic E-state index is 0.200. The summed E-state index contributed by atoms with van der Waals surface area (Å²) in [4.78, 5) is 27.2. The fraction of sp³-hybridized carbons (Fsp3) is 0.0833. The van der Waals surface area contributed by atoms with Crippen LogP contribution in [0.1, 0.15) is 5.56 Å². The van der Waals surface area contributed by atoms with Crippen LogP contribution < -0.4 is 9.64 Å². The Bertz CT molecular complexity index is 1170. The van der Waals surface area contributed by atoms with E-state index < -0.39 is 17.5 Å². The molecule has 1 atom stereocenters. The van der Waals surface area contributed by atoms with E-state index in [4.69, 9.17) is 4.74 Å². The lowest BCUT2D eigenvalue weighted by atomic mass is 9.88. The standard InChI is InChI=1S/C24H19NO4/c1-3-14-25-21-11-7-6-10-20(21)24(28,23(25)27)16(2)22(26)29-19-13-12-17-8-4-5-9-18(17)15-19/h3-13,15,28H,1-2,14H2. The molecule has 0 saturated carbocycles. The molecule has 0 fully saturated rings. The van der Waals surface area contributed by atoms with Crippen molar-refractivity contribution in [3.8, 4) is 5.75 Å². The van der Waals surface area contributed by atoms with Crippen LogP contribution in [0, 0.1) is 0 Å². The van der Waals surface area contributed by atoms with Gasteiger partial charge in [-0.3, -0.25) is 4.79 Å². The molecule has 1 amide bonds. The van der Waals surface area contributed by atoms with E-state index in [9.17, 15) is 14.7 Å². The largest absolute Gasteiger partial charge is 0.423 e. The molecule has 29 heavy (non-hydrogen) atoms. The predicted octanol–water partition coefficient (Wildman–Crippen LogP) is 3.72. The summed E-state index contributed by atoms with van der Waals surface area (Å²) in [5.41, 5.74) is -1.71. The lowest BCUT2D eigenvalue weighted by Gasteiger charge is -2.23. The SMILES string of the molecule is C=CCN1C(=O)C(O)(C(=C)C(=O)Oc2ccc3ccccc3c2)c2ccccc21. The van der Waals surface area contributed by atoms with E-state index in [1.54, 1.807) is 42.5 Å². The summed E-state index contributed by atoms with van der Waals surface area (Å²) in [6, 6.07) is 19.6. The van der Waals surface area contributed by atoms with E-state index in [2.05, 4.69) is 13.2 Å². The number of anilines is 1. The van der Waals surface area contributed by atoms with Crippen molar-refractivity contribution >= 4 is 28.3 Å². The molecule has 5 heteroatoms. The molecule has 4 rings (SSSR count). The zero-order valence-corrected chi connectivity index (χ0v) is 15.7. The van der Waals surface area contributed by atoms with Crippen LogP contribution >= 0.6 is 0 Å². The van der Waals surface area contributed by atoms with E-state index in [0.29, 0.717) is 17.0 Å². The van der Waals surface area contributed by atoms with E-state index in [1.807, 2.05) is 30.3 Å². The Labute approximate surface area is 168 Å². The third kappa shape index (κ3) is 2.92. The first kappa shape index (κ1) is 18.7. The molecular formula is C24H19NO4. The average Bonchev–Trinajstić information content (AvgIpc) is 2.96. The third-order valence-corrected chi connectivity index (χ3v) is 5.07. The summed E-state index contributed by atoms with van der Waals surface area (Å²) in [6.07, 6.45) is 1.55. The van der Waals surface area contributed by atoms with Crippen LogP contribution in [0.25, 0.3) is 10.8 Å². The number of benzene rings is 3. The van der Waals surface area contributed by atoms with Gasteiger partial charge in [-0.25, -0.2) is 4.79 Å². The molecule has 1 aliphatic rings. The Morgan fingerprint density at radius 1 is 1.07 bits per heavy atom. The second-order valence-corrected chi connectivity index (χ2v) is 6.81. The molecule has 0 aromatic heterocycles. The van der Waals surface area contributed by atoms with Crippen molar-refractivity contribution < 1.29 is 19.4 Å². The van der Waals surface area contributed by atoms with Gasteiger partial charge in [0.2, 0.25) is 5.60 Å². The van der Waals surface area contributed by atoms with Gasteiger partial charge in [-0.15, -0.1) is 6.58 Å². The van der Waals surface area contributed by atoms with Gasteiger partial charge in [0.15, 0.2) is 0 Å². The molecule has 0 saturated heterocycles. The molecule has 1 aliphatic heterocycles. The molecule has 0 radical (unpaired) electrons. The highest BCUT2D eigenvalue weighted by Crippen LogP contribution is 2.44. The van der Waals surface area contributed by atoms with Crippen molar-refractivity contribution in [3.05, 3.63) is 97.1 Å². The van der Waals surface area contributed by atoms with Crippen LogP contribution in [0.5, 0.6) is 5.75 Å². The third-order valence-electron chi connectivity index (χ3n) is 5.07. The van der Waals surface area contributed by atoms with Crippen molar-refractivity contribution in [1.82, 2.24) is 0 Å². The number of carbonyl (C=O) groups is 2. The fourth-order valence-electron chi connectivity index (χ4n) is 3.58. The smallest absolute Gasteiger partial charge is 0.342 e. The van der Waals surface area contributed by atoms with Crippen molar-refractivity contribution in [2.24, 2.45) is 0 Å². The van der Waals surface area contributed by atoms with Crippen molar-refractivity contribution in [3.63, 3.8) is 0 Å². The van der Waals surface area contributed by atoms with Crippen LogP contribution in [0.3, 0.4) is 0 Å². The molecular weight excluding hydrogens is 366 g/mol. The van der Waals surface area contributed by atoms with Crippen LogP contribution in [-0.2, 0) is 15.2 Å². The molecule has 1 heterocycles. The monoisotopic (exact) mass is 385 g/mol. The molecule has 0 aliphatic carbocycles. The zero-order valence-electron chi connectivity index (χ0n) is 15.7. The van der Waals surface area contributed by atoms with Crippen LogP contribution in [0.4, 0.5) is 5.69 Å². The van der Waals surface area contributed by atoms with Gasteiger partial charge in [-0.05, 0) is 29.0 Å². The number of para-hydroxylation sites is 1. The van der Waals surface area contributed by atoms with Gasteiger partial charge < -0.3 is 14.7 Å². The van der Waals surface area contributed by atoms with Crippen LogP contribution in [0.15, 0.2) is 91.5 Å². The van der Waals surface area contributed by atoms with Crippen LogP contribution in [0.2, 0.25) is 0 Å². The van der Waals surface area contributed by atoms with Crippen molar-refractivity contribution in [2.45, 2.75) is 5.60 Å². The first-order valence-electron chi connectivity index (χ1n) is 9.12. The van der Waals surface area contributed by atoms with E-state index in [-0.39, 0.29) is 12.1 Å². The van der Waals surface area contributed by atoms with Gasteiger partial charge in [0.25, 0.3) is 5.91 Å². The molecule has 1 unspecified atom stereocenters. The number of rotatable bonds is 5. The summed E-state index contributed by atoms with van der Waals surface area (Å²) in [5, 5.41) is 13.2. The number of amides is 1. The summed E-state index contributed by atoms with van der Waals surface area (Å²) >= 11 is 0. The molecule has 0 bridgehead atoms. The van der Waals surface area contributed by atoms with Gasteiger partial charge in [0.05, 0.1) is 11.3 Å². The normalized spacial score (nSPS) is 17.8. The Morgan fingerprint density at radius 2 is 1.76 bits per heavy atom. The minimum atomic E-state index is -2.19. The van der Waals surface area contributed by atoms with E-state index in [1.165, 1.54) is 4.90 Å². The number of hydrogen-bond donors (Lipinski definition) is 1. The topological polar surface area (TPSA) is 66.8 Å². The molecule has 3 aromatic carbocycles. The molecule has 1 N–H and O–H groups in total. The summed E-state index contributed by atoms with van der Waals surface area (Å²) in [5.74, 6) is -1.22. The lowest BCUT2D eigenvalue weighted by molar-refractivity contribution is -0.140. The molecule has 5 nitrogen and oxygen atoms in total. The molecule has 144 valence electrons. The van der Waals surface area contributed by atoms with Crippen molar-refractivity contribution in [2.75, 3.05) is 11.4 Å². The average molecular weight is 385 g/mol. The number of aliphatic hydroxyl groups is 1. The number of hydrogen-bond acceptors (Lipinski definition) is 4.